The molecule has 0 aliphatic rings. The molecule has 5 heteroatoms. The molecule has 4 aromatic rings. The highest BCUT2D eigenvalue weighted by atomic mass is 16.1. The second-order valence-electron chi connectivity index (χ2n) is 5.13. The highest BCUT2D eigenvalue weighted by molar-refractivity contribution is 5.90. The van der Waals surface area contributed by atoms with E-state index in [-0.39, 0.29) is 5.56 Å². The fraction of sp³-hybridized carbons (Fsp3) is 0.118. The molecule has 5 nitrogen and oxygen atoms in total. The van der Waals surface area contributed by atoms with Crippen molar-refractivity contribution in [2.24, 2.45) is 0 Å². The Balaban J connectivity index is 2.05. The Labute approximate surface area is 126 Å². The van der Waals surface area contributed by atoms with E-state index in [0.717, 1.165) is 28.7 Å². The van der Waals surface area contributed by atoms with Crippen molar-refractivity contribution in [1.29, 1.82) is 0 Å². The fourth-order valence-corrected chi connectivity index (χ4v) is 2.78. The van der Waals surface area contributed by atoms with Crippen LogP contribution in [-0.2, 0) is 6.42 Å². The van der Waals surface area contributed by atoms with Gasteiger partial charge < -0.3 is 0 Å². The number of benzene rings is 2. The summed E-state index contributed by atoms with van der Waals surface area (Å²) in [5.41, 5.74) is 1.05. The topological polar surface area (TPSA) is 52.2 Å². The quantitative estimate of drug-likeness (QED) is 0.570. The number of rotatable bonds is 2. The summed E-state index contributed by atoms with van der Waals surface area (Å²) in [6.45, 7) is 1.99. The fourth-order valence-electron chi connectivity index (χ4n) is 2.78. The van der Waals surface area contributed by atoms with E-state index in [9.17, 15) is 4.79 Å². The summed E-state index contributed by atoms with van der Waals surface area (Å²) in [6.07, 6.45) is 4.36. The maximum Gasteiger partial charge on any atom is 0.300 e. The zero-order chi connectivity index (χ0) is 15.1. The smallest absolute Gasteiger partial charge is 0.280 e. The first kappa shape index (κ1) is 12.8. The van der Waals surface area contributed by atoms with E-state index in [4.69, 9.17) is 0 Å². The van der Waals surface area contributed by atoms with Gasteiger partial charge in [-0.25, -0.2) is 0 Å². The van der Waals surface area contributed by atoms with Gasteiger partial charge in [-0.05, 0) is 11.5 Å². The van der Waals surface area contributed by atoms with Gasteiger partial charge in [-0.2, -0.15) is 0 Å². The van der Waals surface area contributed by atoms with Crippen molar-refractivity contribution < 1.29 is 0 Å². The molecule has 0 saturated carbocycles. The first-order chi connectivity index (χ1) is 10.8. The highest BCUT2D eigenvalue weighted by Gasteiger charge is 2.11. The molecular formula is C17H14N4O. The highest BCUT2D eigenvalue weighted by Crippen LogP contribution is 2.21. The van der Waals surface area contributed by atoms with Crippen LogP contribution < -0.4 is 5.56 Å². The van der Waals surface area contributed by atoms with Crippen LogP contribution in [-0.4, -0.2) is 19.2 Å². The predicted molar refractivity (Wildman–Crippen MR) is 85.5 cm³/mol. The van der Waals surface area contributed by atoms with Crippen molar-refractivity contribution in [2.75, 3.05) is 0 Å². The number of fused-ring (bicyclic) bond motifs is 2. The number of nitrogens with zero attached hydrogens (tertiary/aromatic N) is 4. The van der Waals surface area contributed by atoms with E-state index >= 15 is 0 Å². The van der Waals surface area contributed by atoms with E-state index in [2.05, 4.69) is 10.2 Å². The maximum atomic E-state index is 12.7. The second-order valence-corrected chi connectivity index (χ2v) is 5.13. The van der Waals surface area contributed by atoms with E-state index in [1.165, 1.54) is 0 Å². The minimum absolute atomic E-state index is 0.161. The minimum Gasteiger partial charge on any atom is -0.280 e. The monoisotopic (exact) mass is 290 g/mol. The molecule has 4 rings (SSSR count). The number of hydrogen-bond donors (Lipinski definition) is 0. The Hall–Kier alpha value is -2.95. The Kier molecular flexibility index (Phi) is 2.79. The average molecular weight is 290 g/mol. The second kappa shape index (κ2) is 4.80. The summed E-state index contributed by atoms with van der Waals surface area (Å²) >= 11 is 0. The van der Waals surface area contributed by atoms with Gasteiger partial charge in [0.05, 0.1) is 5.69 Å². The van der Waals surface area contributed by atoms with Crippen molar-refractivity contribution >= 4 is 16.4 Å². The van der Waals surface area contributed by atoms with E-state index in [0.29, 0.717) is 5.65 Å². The normalized spacial score (nSPS) is 11.3. The molecule has 108 valence electrons. The molecule has 0 aliphatic heterocycles. The van der Waals surface area contributed by atoms with Crippen LogP contribution in [0.15, 0.2) is 59.7 Å². The first-order valence-electron chi connectivity index (χ1n) is 7.23. The molecule has 22 heavy (non-hydrogen) atoms. The molecule has 0 radical (unpaired) electrons. The van der Waals surface area contributed by atoms with Gasteiger partial charge in [0, 0.05) is 24.2 Å². The first-order valence-corrected chi connectivity index (χ1v) is 7.23. The lowest BCUT2D eigenvalue weighted by Gasteiger charge is -2.09. The molecule has 2 aromatic carbocycles. The van der Waals surface area contributed by atoms with Crippen LogP contribution in [0.3, 0.4) is 0 Å². The van der Waals surface area contributed by atoms with Crippen LogP contribution in [0.4, 0.5) is 0 Å². The molecule has 0 bridgehead atoms. The molecule has 2 heterocycles. The van der Waals surface area contributed by atoms with E-state index < -0.39 is 0 Å². The molecule has 2 aromatic heterocycles. The van der Waals surface area contributed by atoms with Gasteiger partial charge in [0.25, 0.3) is 0 Å². The van der Waals surface area contributed by atoms with Gasteiger partial charge >= 0.3 is 5.56 Å². The van der Waals surface area contributed by atoms with Gasteiger partial charge in [0.15, 0.2) is 0 Å². The lowest BCUT2D eigenvalue weighted by atomic mass is 10.1. The van der Waals surface area contributed by atoms with Crippen LogP contribution in [0.1, 0.15) is 12.7 Å². The zero-order valence-corrected chi connectivity index (χ0v) is 12.1. The van der Waals surface area contributed by atoms with Crippen molar-refractivity contribution in [3.63, 3.8) is 0 Å². The summed E-state index contributed by atoms with van der Waals surface area (Å²) in [6, 6.07) is 13.9. The third-order valence-corrected chi connectivity index (χ3v) is 3.88. The molecule has 0 spiro atoms. The summed E-state index contributed by atoms with van der Waals surface area (Å²) in [7, 11) is 0. The summed E-state index contributed by atoms with van der Waals surface area (Å²) in [4.78, 5) is 12.7. The third-order valence-electron chi connectivity index (χ3n) is 3.88. The number of aromatic nitrogens is 4. The summed E-state index contributed by atoms with van der Waals surface area (Å²) < 4.78 is 3.38. The molecule has 0 atom stereocenters. The predicted octanol–water partition coefficient (Wildman–Crippen LogP) is 2.60. The van der Waals surface area contributed by atoms with Gasteiger partial charge in [0.2, 0.25) is 5.65 Å². The molecule has 0 amide bonds. The third kappa shape index (κ3) is 1.75. The molecule has 0 unspecified atom stereocenters. The van der Waals surface area contributed by atoms with E-state index in [1.54, 1.807) is 15.2 Å². The molecular weight excluding hydrogens is 276 g/mol. The van der Waals surface area contributed by atoms with Crippen molar-refractivity contribution in [2.45, 2.75) is 13.3 Å². The van der Waals surface area contributed by atoms with E-state index in [1.807, 2.05) is 55.6 Å². The van der Waals surface area contributed by atoms with Gasteiger partial charge in [-0.15, -0.1) is 10.2 Å². The minimum atomic E-state index is -0.161. The Morgan fingerprint density at radius 3 is 2.68 bits per heavy atom. The molecule has 0 saturated heterocycles. The number of hydrogen-bond acceptors (Lipinski definition) is 3. The van der Waals surface area contributed by atoms with Crippen molar-refractivity contribution in [3.05, 3.63) is 71.0 Å². The largest absolute Gasteiger partial charge is 0.300 e. The molecule has 0 aliphatic carbocycles. The average Bonchev–Trinajstić information content (AvgIpc) is 2.99. The van der Waals surface area contributed by atoms with Crippen LogP contribution >= 0.6 is 0 Å². The van der Waals surface area contributed by atoms with Gasteiger partial charge in [-0.1, -0.05) is 43.3 Å². The molecule has 0 fully saturated rings. The van der Waals surface area contributed by atoms with Crippen LogP contribution in [0.5, 0.6) is 0 Å². The van der Waals surface area contributed by atoms with Crippen molar-refractivity contribution in [1.82, 2.24) is 19.2 Å². The Bertz CT molecular complexity index is 1040. The molecule has 0 N–H and O–H groups in total. The standard InChI is InChI=1S/C17H14N4O/c1-2-15-18-19-16-17(22)20(10-11-21(15)16)14-9-5-7-12-6-3-4-8-13(12)14/h3-11H,2H2,1H3. The Morgan fingerprint density at radius 2 is 1.82 bits per heavy atom. The van der Waals surface area contributed by atoms with Crippen LogP contribution in [0.2, 0.25) is 0 Å². The maximum absolute atomic E-state index is 12.7. The van der Waals surface area contributed by atoms with Gasteiger partial charge in [-0.3, -0.25) is 13.8 Å². The number of aryl methyl sites for hydroxylation is 1. The zero-order valence-electron chi connectivity index (χ0n) is 12.1. The van der Waals surface area contributed by atoms with Crippen LogP contribution in [0.25, 0.3) is 22.1 Å². The van der Waals surface area contributed by atoms with Crippen molar-refractivity contribution in [3.8, 4) is 5.69 Å². The van der Waals surface area contributed by atoms with Gasteiger partial charge in [0.1, 0.15) is 5.82 Å². The summed E-state index contributed by atoms with van der Waals surface area (Å²) in [5.74, 6) is 0.789. The van der Waals surface area contributed by atoms with Crippen LogP contribution in [0, 0.1) is 0 Å². The SMILES string of the molecule is CCc1nnc2c(=O)n(-c3cccc4ccccc34)ccn12. The Morgan fingerprint density at radius 1 is 1.00 bits per heavy atom. The summed E-state index contributed by atoms with van der Waals surface area (Å²) in [5, 5.41) is 10.2. The lowest BCUT2D eigenvalue weighted by Crippen LogP contribution is -2.20. The lowest BCUT2D eigenvalue weighted by molar-refractivity contribution is 0.892.